The van der Waals surface area contributed by atoms with Crippen LogP contribution in [0.15, 0.2) is 108 Å². The molecule has 9 heteroatoms. The number of halogens is 1. The quantitative estimate of drug-likeness (QED) is 0.190. The number of carboxylic acid groups (broad SMARTS) is 1. The zero-order valence-electron chi connectivity index (χ0n) is 20.9. The molecule has 0 unspecified atom stereocenters. The maximum absolute atomic E-state index is 13.8. The Kier molecular flexibility index (Phi) is 7.67. The first-order valence-corrected chi connectivity index (χ1v) is 14.3. The number of nitrogens with zero attached hydrogens (tertiary/aromatic N) is 3. The van der Waals surface area contributed by atoms with Crippen molar-refractivity contribution in [1.82, 2.24) is 9.55 Å². The average Bonchev–Trinajstić information content (AvgIpc) is 3.33. The number of rotatable bonds is 10. The van der Waals surface area contributed by atoms with Crippen LogP contribution in [0.2, 0.25) is 5.02 Å². The number of hydrogen-bond donors (Lipinski definition) is 1. The molecule has 39 heavy (non-hydrogen) atoms. The minimum Gasteiger partial charge on any atom is -0.481 e. The lowest BCUT2D eigenvalue weighted by molar-refractivity contribution is -0.137. The maximum Gasteiger partial charge on any atom is 0.303 e. The summed E-state index contributed by atoms with van der Waals surface area (Å²) in [7, 11) is -3.96. The molecule has 5 aromatic rings. The van der Waals surface area contributed by atoms with E-state index in [2.05, 4.69) is 4.57 Å². The van der Waals surface area contributed by atoms with Gasteiger partial charge >= 0.3 is 5.97 Å². The number of fused-ring (bicyclic) bond motifs is 1. The summed E-state index contributed by atoms with van der Waals surface area (Å²) >= 11 is 6.00. The monoisotopic (exact) mass is 559 g/mol. The summed E-state index contributed by atoms with van der Waals surface area (Å²) in [6.07, 6.45) is 0.700. The van der Waals surface area contributed by atoms with E-state index in [1.807, 2.05) is 66.7 Å². The van der Waals surface area contributed by atoms with Gasteiger partial charge < -0.3 is 5.11 Å². The van der Waals surface area contributed by atoms with E-state index in [1.165, 1.54) is 28.6 Å². The van der Waals surface area contributed by atoms with Gasteiger partial charge in [-0.2, -0.15) is 0 Å². The molecule has 0 spiro atoms. The fraction of sp³-hybridized carbons (Fsp3) is 0.133. The predicted octanol–water partition coefficient (Wildman–Crippen LogP) is 6.80. The highest BCUT2D eigenvalue weighted by molar-refractivity contribution is 7.92. The summed E-state index contributed by atoms with van der Waals surface area (Å²) in [6, 6.07) is 31.1. The number of carbonyl (C=O) groups is 1. The van der Waals surface area contributed by atoms with Crippen LogP contribution in [0.4, 0.5) is 5.69 Å². The van der Waals surface area contributed by atoms with Gasteiger partial charge in [0.15, 0.2) is 0 Å². The number of anilines is 1. The van der Waals surface area contributed by atoms with Crippen LogP contribution in [-0.2, 0) is 14.8 Å². The van der Waals surface area contributed by atoms with E-state index in [0.717, 1.165) is 22.6 Å². The number of para-hydroxylation sites is 1. The summed E-state index contributed by atoms with van der Waals surface area (Å²) in [4.78, 5) is 16.1. The lowest BCUT2D eigenvalue weighted by atomic mass is 10.2. The van der Waals surface area contributed by atoms with Gasteiger partial charge in [0.2, 0.25) is 0 Å². The number of imidazole rings is 1. The van der Waals surface area contributed by atoms with Crippen LogP contribution in [0.1, 0.15) is 19.3 Å². The van der Waals surface area contributed by atoms with Crippen LogP contribution in [0.25, 0.3) is 28.1 Å². The Bertz CT molecular complexity index is 1700. The second kappa shape index (κ2) is 11.3. The van der Waals surface area contributed by atoms with Gasteiger partial charge in [-0.1, -0.05) is 60.1 Å². The molecule has 1 aromatic heterocycles. The van der Waals surface area contributed by atoms with E-state index in [4.69, 9.17) is 21.7 Å². The first-order chi connectivity index (χ1) is 18.8. The number of unbranched alkanes of at least 4 members (excludes halogenated alkanes) is 1. The first kappa shape index (κ1) is 26.5. The molecule has 0 atom stereocenters. The number of benzene rings is 4. The molecule has 0 saturated carbocycles. The van der Waals surface area contributed by atoms with Gasteiger partial charge in [0, 0.05) is 29.2 Å². The lowest BCUT2D eigenvalue weighted by Crippen LogP contribution is -2.32. The summed E-state index contributed by atoms with van der Waals surface area (Å²) < 4.78 is 30.9. The smallest absolute Gasteiger partial charge is 0.303 e. The van der Waals surface area contributed by atoms with Gasteiger partial charge in [0.05, 0.1) is 21.6 Å². The van der Waals surface area contributed by atoms with Crippen LogP contribution < -0.4 is 4.31 Å². The number of sulfonamides is 1. The van der Waals surface area contributed by atoms with Crippen LogP contribution in [0.5, 0.6) is 0 Å². The standard InChI is InChI=1S/C30H26ClN3O4S/c31-23-14-17-26(18-15-23)39(37,38)33(20-8-7-13-29(35)36)25-16-19-28-27(21-25)32-30(22-9-3-1-4-10-22)34(28)24-11-5-2-6-12-24/h1-6,9-12,14-19,21H,7-8,13,20H2,(H,35,36). The zero-order chi connectivity index (χ0) is 27.4. The molecule has 0 radical (unpaired) electrons. The molecular weight excluding hydrogens is 534 g/mol. The Morgan fingerprint density at radius 3 is 2.21 bits per heavy atom. The lowest BCUT2D eigenvalue weighted by Gasteiger charge is -2.24. The van der Waals surface area contributed by atoms with Crippen molar-refractivity contribution in [2.24, 2.45) is 0 Å². The zero-order valence-corrected chi connectivity index (χ0v) is 22.5. The number of aliphatic carboxylic acids is 1. The third-order valence-corrected chi connectivity index (χ3v) is 8.47. The van der Waals surface area contributed by atoms with Crippen molar-refractivity contribution in [3.05, 3.63) is 108 Å². The fourth-order valence-electron chi connectivity index (χ4n) is 4.50. The predicted molar refractivity (Wildman–Crippen MR) is 154 cm³/mol. The third kappa shape index (κ3) is 5.67. The van der Waals surface area contributed by atoms with E-state index in [1.54, 1.807) is 12.1 Å². The number of carboxylic acids is 1. The van der Waals surface area contributed by atoms with E-state index in [-0.39, 0.29) is 17.9 Å². The molecule has 4 aromatic carbocycles. The summed E-state index contributed by atoms with van der Waals surface area (Å²) in [5, 5.41) is 9.47. The Hall–Kier alpha value is -4.14. The van der Waals surface area contributed by atoms with Crippen LogP contribution >= 0.6 is 11.6 Å². The Labute approximate surface area is 232 Å². The minimum atomic E-state index is -3.96. The average molecular weight is 560 g/mol. The Morgan fingerprint density at radius 2 is 1.54 bits per heavy atom. The van der Waals surface area contributed by atoms with Crippen LogP contribution in [0, 0.1) is 0 Å². The fourth-order valence-corrected chi connectivity index (χ4v) is 6.12. The molecule has 0 amide bonds. The molecule has 0 fully saturated rings. The molecule has 0 bridgehead atoms. The topological polar surface area (TPSA) is 92.5 Å². The van der Waals surface area contributed by atoms with Crippen molar-refractivity contribution in [2.75, 3.05) is 10.8 Å². The van der Waals surface area contributed by atoms with E-state index in [9.17, 15) is 13.2 Å². The van der Waals surface area contributed by atoms with Crippen molar-refractivity contribution < 1.29 is 18.3 Å². The second-order valence-corrected chi connectivity index (χ2v) is 11.3. The van der Waals surface area contributed by atoms with Crippen molar-refractivity contribution in [3.63, 3.8) is 0 Å². The van der Waals surface area contributed by atoms with Gasteiger partial charge in [-0.3, -0.25) is 13.7 Å². The largest absolute Gasteiger partial charge is 0.481 e. The van der Waals surface area contributed by atoms with Crippen molar-refractivity contribution >= 4 is 44.3 Å². The molecule has 1 heterocycles. The third-order valence-electron chi connectivity index (χ3n) is 6.38. The number of aromatic nitrogens is 2. The van der Waals surface area contributed by atoms with Gasteiger partial charge in [-0.05, 0) is 67.4 Å². The summed E-state index contributed by atoms with van der Waals surface area (Å²) in [5.41, 5.74) is 3.78. The van der Waals surface area contributed by atoms with E-state index >= 15 is 0 Å². The molecule has 1 N–H and O–H groups in total. The molecule has 0 aliphatic heterocycles. The van der Waals surface area contributed by atoms with E-state index < -0.39 is 16.0 Å². The first-order valence-electron chi connectivity index (χ1n) is 12.5. The van der Waals surface area contributed by atoms with Gasteiger partial charge in [-0.15, -0.1) is 0 Å². The Balaban J connectivity index is 1.62. The molecule has 5 rings (SSSR count). The van der Waals surface area contributed by atoms with Crippen molar-refractivity contribution in [3.8, 4) is 17.1 Å². The van der Waals surface area contributed by atoms with Gasteiger partial charge in [0.25, 0.3) is 10.0 Å². The van der Waals surface area contributed by atoms with Crippen LogP contribution in [-0.4, -0.2) is 35.6 Å². The van der Waals surface area contributed by atoms with Gasteiger partial charge in [0.1, 0.15) is 5.82 Å². The molecule has 7 nitrogen and oxygen atoms in total. The highest BCUT2D eigenvalue weighted by Gasteiger charge is 2.26. The molecule has 0 saturated heterocycles. The maximum atomic E-state index is 13.8. The number of hydrogen-bond acceptors (Lipinski definition) is 4. The highest BCUT2D eigenvalue weighted by Crippen LogP contribution is 2.33. The highest BCUT2D eigenvalue weighted by atomic mass is 35.5. The Morgan fingerprint density at radius 1 is 0.872 bits per heavy atom. The summed E-state index contributed by atoms with van der Waals surface area (Å²) in [6.45, 7) is 0.120. The van der Waals surface area contributed by atoms with Crippen molar-refractivity contribution in [2.45, 2.75) is 24.2 Å². The minimum absolute atomic E-state index is 0.0320. The normalized spacial score (nSPS) is 11.5. The van der Waals surface area contributed by atoms with Gasteiger partial charge in [-0.25, -0.2) is 13.4 Å². The second-order valence-electron chi connectivity index (χ2n) is 9.03. The molecule has 0 aliphatic rings. The molecule has 0 aliphatic carbocycles. The van der Waals surface area contributed by atoms with Crippen LogP contribution in [0.3, 0.4) is 0 Å². The SMILES string of the molecule is O=C(O)CCCCN(c1ccc2c(c1)nc(-c1ccccc1)n2-c1ccccc1)S(=O)(=O)c1ccc(Cl)cc1. The van der Waals surface area contributed by atoms with Crippen molar-refractivity contribution in [1.29, 1.82) is 0 Å². The summed E-state index contributed by atoms with van der Waals surface area (Å²) in [5.74, 6) is -0.175. The molecule has 198 valence electrons. The molecular formula is C30H26ClN3O4S. The van der Waals surface area contributed by atoms with E-state index in [0.29, 0.717) is 29.1 Å².